The standard InChI is InChI=1S/C22H32N4O6/c1-14(2)12-17(20(28)23-15(3)19(27)25-31)24-21(29)18-10-7-11-26(18)22(30)32-13-16-8-5-4-6-9-16/h4-6,8-9,14-15,17-18,31H,7,10-13H2,1-3H3,(H,23,28)(H,24,29)(H,25,27). The molecule has 1 fully saturated rings. The Bertz CT molecular complexity index is 801. The highest BCUT2D eigenvalue weighted by Gasteiger charge is 2.37. The van der Waals surface area contributed by atoms with Crippen LogP contribution in [-0.4, -0.2) is 58.6 Å². The molecule has 0 radical (unpaired) electrons. The quantitative estimate of drug-likeness (QED) is 0.332. The molecule has 0 bridgehead atoms. The number of hydrogen-bond acceptors (Lipinski definition) is 6. The summed E-state index contributed by atoms with van der Waals surface area (Å²) in [5, 5.41) is 13.9. The number of carbonyl (C=O) groups is 4. The fraction of sp³-hybridized carbons (Fsp3) is 0.545. The molecule has 2 rings (SSSR count). The topological polar surface area (TPSA) is 137 Å². The van der Waals surface area contributed by atoms with Gasteiger partial charge in [0.05, 0.1) is 0 Å². The van der Waals surface area contributed by atoms with Crippen LogP contribution in [0, 0.1) is 5.92 Å². The summed E-state index contributed by atoms with van der Waals surface area (Å²) in [7, 11) is 0. The Kier molecular flexibility index (Phi) is 9.45. The van der Waals surface area contributed by atoms with Crippen molar-refractivity contribution in [3.63, 3.8) is 0 Å². The van der Waals surface area contributed by atoms with Crippen LogP contribution >= 0.6 is 0 Å². The minimum atomic E-state index is -0.977. The predicted octanol–water partition coefficient (Wildman–Crippen LogP) is 1.33. The Balaban J connectivity index is 1.99. The van der Waals surface area contributed by atoms with Crippen LogP contribution in [0.1, 0.15) is 45.6 Å². The second-order valence-corrected chi connectivity index (χ2v) is 8.29. The van der Waals surface area contributed by atoms with Gasteiger partial charge in [-0.15, -0.1) is 0 Å². The maximum atomic E-state index is 12.9. The van der Waals surface area contributed by atoms with Crippen LogP contribution in [-0.2, 0) is 25.7 Å². The lowest BCUT2D eigenvalue weighted by Gasteiger charge is -2.27. The zero-order valence-corrected chi connectivity index (χ0v) is 18.7. The highest BCUT2D eigenvalue weighted by Crippen LogP contribution is 2.20. The summed E-state index contributed by atoms with van der Waals surface area (Å²) in [6.45, 7) is 5.71. The van der Waals surface area contributed by atoms with Crippen LogP contribution in [0.2, 0.25) is 0 Å². The van der Waals surface area contributed by atoms with Gasteiger partial charge in [-0.25, -0.2) is 10.3 Å². The van der Waals surface area contributed by atoms with Gasteiger partial charge >= 0.3 is 6.09 Å². The van der Waals surface area contributed by atoms with Gasteiger partial charge in [-0.2, -0.15) is 0 Å². The summed E-state index contributed by atoms with van der Waals surface area (Å²) >= 11 is 0. The molecule has 1 aliphatic rings. The number of carbonyl (C=O) groups excluding carboxylic acids is 4. The Morgan fingerprint density at radius 2 is 1.78 bits per heavy atom. The van der Waals surface area contributed by atoms with Gasteiger partial charge < -0.3 is 15.4 Å². The minimum Gasteiger partial charge on any atom is -0.445 e. The molecule has 4 N–H and O–H groups in total. The van der Waals surface area contributed by atoms with Gasteiger partial charge in [0.25, 0.3) is 5.91 Å². The molecule has 1 aliphatic heterocycles. The second-order valence-electron chi connectivity index (χ2n) is 8.29. The molecule has 10 heteroatoms. The van der Waals surface area contributed by atoms with Crippen molar-refractivity contribution in [1.82, 2.24) is 21.0 Å². The number of amides is 4. The first-order valence-corrected chi connectivity index (χ1v) is 10.7. The van der Waals surface area contributed by atoms with E-state index in [9.17, 15) is 19.2 Å². The lowest BCUT2D eigenvalue weighted by Crippen LogP contribution is -2.56. The van der Waals surface area contributed by atoms with Gasteiger partial charge in [0, 0.05) is 6.54 Å². The van der Waals surface area contributed by atoms with Gasteiger partial charge in [-0.05, 0) is 37.7 Å². The van der Waals surface area contributed by atoms with E-state index in [0.717, 1.165) is 5.56 Å². The van der Waals surface area contributed by atoms with E-state index in [0.29, 0.717) is 25.8 Å². The van der Waals surface area contributed by atoms with E-state index in [1.165, 1.54) is 17.3 Å². The molecule has 176 valence electrons. The SMILES string of the molecule is CC(C)CC(NC(=O)C1CCCN1C(=O)OCc1ccccc1)C(=O)NC(C)C(=O)NO. The van der Waals surface area contributed by atoms with E-state index in [1.54, 1.807) is 0 Å². The molecule has 1 aromatic rings. The van der Waals surface area contributed by atoms with Crippen molar-refractivity contribution < 1.29 is 29.1 Å². The smallest absolute Gasteiger partial charge is 0.410 e. The van der Waals surface area contributed by atoms with Crippen molar-refractivity contribution >= 4 is 23.8 Å². The van der Waals surface area contributed by atoms with E-state index in [1.807, 2.05) is 44.2 Å². The molecular weight excluding hydrogens is 416 g/mol. The number of ether oxygens (including phenoxy) is 1. The minimum absolute atomic E-state index is 0.0866. The summed E-state index contributed by atoms with van der Waals surface area (Å²) in [6.07, 6.45) is 0.874. The third-order valence-corrected chi connectivity index (χ3v) is 5.20. The second kappa shape index (κ2) is 12.0. The highest BCUT2D eigenvalue weighted by molar-refractivity contribution is 5.93. The largest absolute Gasteiger partial charge is 0.445 e. The maximum Gasteiger partial charge on any atom is 0.410 e. The zero-order chi connectivity index (χ0) is 23.7. The average molecular weight is 449 g/mol. The summed E-state index contributed by atoms with van der Waals surface area (Å²) in [5.74, 6) is -1.67. The molecule has 4 amide bonds. The van der Waals surface area contributed by atoms with Crippen LogP contribution in [0.3, 0.4) is 0 Å². The van der Waals surface area contributed by atoms with E-state index >= 15 is 0 Å². The first-order valence-electron chi connectivity index (χ1n) is 10.7. The number of benzene rings is 1. The third-order valence-electron chi connectivity index (χ3n) is 5.20. The van der Waals surface area contributed by atoms with Crippen molar-refractivity contribution in [2.45, 2.75) is 64.8 Å². The van der Waals surface area contributed by atoms with Crippen molar-refractivity contribution in [1.29, 1.82) is 0 Å². The van der Waals surface area contributed by atoms with Crippen molar-refractivity contribution in [3.8, 4) is 0 Å². The third kappa shape index (κ3) is 7.23. The van der Waals surface area contributed by atoms with Gasteiger partial charge in [-0.3, -0.25) is 24.5 Å². The summed E-state index contributed by atoms with van der Waals surface area (Å²) in [4.78, 5) is 51.0. The highest BCUT2D eigenvalue weighted by atomic mass is 16.6. The molecule has 1 heterocycles. The molecule has 32 heavy (non-hydrogen) atoms. The average Bonchev–Trinajstić information content (AvgIpc) is 3.27. The van der Waals surface area contributed by atoms with Crippen LogP contribution < -0.4 is 16.1 Å². The Morgan fingerprint density at radius 1 is 1.09 bits per heavy atom. The molecule has 0 saturated carbocycles. The molecule has 1 aromatic carbocycles. The van der Waals surface area contributed by atoms with E-state index in [-0.39, 0.29) is 12.5 Å². The Labute approximate surface area is 187 Å². The first kappa shape index (κ1) is 25.1. The van der Waals surface area contributed by atoms with Gasteiger partial charge in [0.15, 0.2) is 0 Å². The van der Waals surface area contributed by atoms with Crippen molar-refractivity contribution in [3.05, 3.63) is 35.9 Å². The monoisotopic (exact) mass is 448 g/mol. The molecule has 3 atom stereocenters. The van der Waals surface area contributed by atoms with Crippen LogP contribution in [0.4, 0.5) is 4.79 Å². The van der Waals surface area contributed by atoms with Crippen LogP contribution in [0.25, 0.3) is 0 Å². The normalized spacial score (nSPS) is 17.4. The van der Waals surface area contributed by atoms with Gasteiger partial charge in [-0.1, -0.05) is 44.2 Å². The predicted molar refractivity (Wildman–Crippen MR) is 115 cm³/mol. The van der Waals surface area contributed by atoms with Gasteiger partial charge in [0.2, 0.25) is 11.8 Å². The number of likely N-dealkylation sites (tertiary alicyclic amines) is 1. The van der Waals surface area contributed by atoms with E-state index < -0.39 is 41.9 Å². The fourth-order valence-electron chi connectivity index (χ4n) is 3.51. The van der Waals surface area contributed by atoms with Gasteiger partial charge in [0.1, 0.15) is 24.7 Å². The number of hydroxylamine groups is 1. The van der Waals surface area contributed by atoms with Crippen LogP contribution in [0.15, 0.2) is 30.3 Å². The lowest BCUT2D eigenvalue weighted by atomic mass is 10.0. The molecule has 0 aliphatic carbocycles. The van der Waals surface area contributed by atoms with Crippen molar-refractivity contribution in [2.24, 2.45) is 5.92 Å². The first-order chi connectivity index (χ1) is 15.2. The van der Waals surface area contributed by atoms with E-state index in [2.05, 4.69) is 10.6 Å². The van der Waals surface area contributed by atoms with Crippen LogP contribution in [0.5, 0.6) is 0 Å². The summed E-state index contributed by atoms with van der Waals surface area (Å²) < 4.78 is 5.36. The number of hydrogen-bond donors (Lipinski definition) is 4. The molecule has 0 aromatic heterocycles. The summed E-state index contributed by atoms with van der Waals surface area (Å²) in [5.41, 5.74) is 2.32. The molecule has 0 spiro atoms. The molecule has 3 unspecified atom stereocenters. The zero-order valence-electron chi connectivity index (χ0n) is 18.7. The summed E-state index contributed by atoms with van der Waals surface area (Å²) in [6, 6.07) is 6.64. The maximum absolute atomic E-state index is 12.9. The van der Waals surface area contributed by atoms with Crippen molar-refractivity contribution in [2.75, 3.05) is 6.54 Å². The number of rotatable bonds is 9. The molecular formula is C22H32N4O6. The molecule has 10 nitrogen and oxygen atoms in total. The van der Waals surface area contributed by atoms with E-state index in [4.69, 9.17) is 9.94 Å². The number of nitrogens with zero attached hydrogens (tertiary/aromatic N) is 1. The molecule has 1 saturated heterocycles. The Hall–Kier alpha value is -3.14. The Morgan fingerprint density at radius 3 is 2.41 bits per heavy atom. The fourth-order valence-corrected chi connectivity index (χ4v) is 3.51. The number of nitrogens with one attached hydrogen (secondary N) is 3. The lowest BCUT2D eigenvalue weighted by molar-refractivity contribution is -0.136.